The Bertz CT molecular complexity index is 739. The molecule has 3 rings (SSSR count). The average Bonchev–Trinajstić information content (AvgIpc) is 3.00. The van der Waals surface area contributed by atoms with E-state index in [1.54, 1.807) is 13.3 Å². The Labute approximate surface area is 129 Å². The van der Waals surface area contributed by atoms with Crippen LogP contribution in [0.2, 0.25) is 0 Å². The van der Waals surface area contributed by atoms with Gasteiger partial charge in [-0.25, -0.2) is 0 Å². The summed E-state index contributed by atoms with van der Waals surface area (Å²) in [6.45, 7) is 0.908. The zero-order valence-corrected chi connectivity index (χ0v) is 12.9. The van der Waals surface area contributed by atoms with E-state index in [9.17, 15) is 0 Å². The number of hydrogen-bond acceptors (Lipinski definition) is 4. The SMILES string of the molecule is CNCCC(c1cccnc1)n1ncc2c(OC)cccc21. The quantitative estimate of drug-likeness (QED) is 0.760. The van der Waals surface area contributed by atoms with Gasteiger partial charge in [0.25, 0.3) is 0 Å². The second-order valence-electron chi connectivity index (χ2n) is 5.18. The van der Waals surface area contributed by atoms with Gasteiger partial charge in [0.05, 0.1) is 30.3 Å². The van der Waals surface area contributed by atoms with Crippen LogP contribution < -0.4 is 10.1 Å². The zero-order valence-electron chi connectivity index (χ0n) is 12.9. The number of pyridine rings is 1. The molecule has 0 radical (unpaired) electrons. The minimum absolute atomic E-state index is 0.144. The van der Waals surface area contributed by atoms with Gasteiger partial charge in [0.15, 0.2) is 0 Å². The molecule has 114 valence electrons. The molecule has 5 heteroatoms. The Kier molecular flexibility index (Phi) is 4.34. The third kappa shape index (κ3) is 2.67. The maximum Gasteiger partial charge on any atom is 0.129 e. The molecule has 22 heavy (non-hydrogen) atoms. The van der Waals surface area contributed by atoms with Crippen molar-refractivity contribution in [2.24, 2.45) is 0 Å². The van der Waals surface area contributed by atoms with Crippen molar-refractivity contribution >= 4 is 10.9 Å². The van der Waals surface area contributed by atoms with Crippen molar-refractivity contribution in [1.82, 2.24) is 20.1 Å². The van der Waals surface area contributed by atoms with E-state index >= 15 is 0 Å². The zero-order chi connectivity index (χ0) is 15.4. The fourth-order valence-corrected chi connectivity index (χ4v) is 2.75. The highest BCUT2D eigenvalue weighted by Gasteiger charge is 2.18. The number of aromatic nitrogens is 3. The molecule has 3 aromatic rings. The molecular weight excluding hydrogens is 276 g/mol. The van der Waals surface area contributed by atoms with E-state index in [1.807, 2.05) is 37.6 Å². The molecule has 2 aromatic heterocycles. The second-order valence-corrected chi connectivity index (χ2v) is 5.18. The molecule has 0 fully saturated rings. The number of rotatable bonds is 6. The highest BCUT2D eigenvalue weighted by molar-refractivity contribution is 5.85. The Morgan fingerprint density at radius 1 is 1.23 bits per heavy atom. The van der Waals surface area contributed by atoms with E-state index in [4.69, 9.17) is 4.74 Å². The van der Waals surface area contributed by atoms with Crippen LogP contribution >= 0.6 is 0 Å². The molecule has 1 N–H and O–H groups in total. The number of methoxy groups -OCH3 is 1. The van der Waals surface area contributed by atoms with E-state index in [0.717, 1.165) is 35.2 Å². The van der Waals surface area contributed by atoms with Crippen LogP contribution in [0.4, 0.5) is 0 Å². The fraction of sp³-hybridized carbons (Fsp3) is 0.294. The minimum Gasteiger partial charge on any atom is -0.496 e. The van der Waals surface area contributed by atoms with Crippen molar-refractivity contribution in [1.29, 1.82) is 0 Å². The molecule has 1 atom stereocenters. The third-order valence-corrected chi connectivity index (χ3v) is 3.85. The average molecular weight is 296 g/mol. The molecule has 0 amide bonds. The lowest BCUT2D eigenvalue weighted by Crippen LogP contribution is -2.18. The lowest BCUT2D eigenvalue weighted by molar-refractivity contribution is 0.419. The Morgan fingerprint density at radius 3 is 2.86 bits per heavy atom. The number of hydrogen-bond donors (Lipinski definition) is 1. The van der Waals surface area contributed by atoms with Gasteiger partial charge in [-0.3, -0.25) is 9.67 Å². The Morgan fingerprint density at radius 2 is 2.14 bits per heavy atom. The maximum atomic E-state index is 5.43. The van der Waals surface area contributed by atoms with Crippen LogP contribution in [0.3, 0.4) is 0 Å². The molecule has 1 aromatic carbocycles. The monoisotopic (exact) mass is 296 g/mol. The van der Waals surface area contributed by atoms with Crippen LogP contribution in [0.15, 0.2) is 48.9 Å². The second kappa shape index (κ2) is 6.58. The Hall–Kier alpha value is -2.40. The van der Waals surface area contributed by atoms with Crippen molar-refractivity contribution in [3.8, 4) is 5.75 Å². The molecule has 1 unspecified atom stereocenters. The number of ether oxygens (including phenoxy) is 1. The summed E-state index contributed by atoms with van der Waals surface area (Å²) < 4.78 is 7.49. The van der Waals surface area contributed by atoms with Crippen LogP contribution in [-0.4, -0.2) is 35.5 Å². The molecule has 0 aliphatic heterocycles. The topological polar surface area (TPSA) is 52.0 Å². The fourth-order valence-electron chi connectivity index (χ4n) is 2.75. The number of nitrogens with one attached hydrogen (secondary N) is 1. The lowest BCUT2D eigenvalue weighted by Gasteiger charge is -2.19. The maximum absolute atomic E-state index is 5.43. The van der Waals surface area contributed by atoms with Crippen molar-refractivity contribution in [3.63, 3.8) is 0 Å². The standard InChI is InChI=1S/C17H20N4O/c1-18-10-8-15(13-5-4-9-19-11-13)21-16-6-3-7-17(22-2)14(16)12-20-21/h3-7,9,11-12,15,18H,8,10H2,1-2H3. The van der Waals surface area contributed by atoms with Gasteiger partial charge >= 0.3 is 0 Å². The summed E-state index contributed by atoms with van der Waals surface area (Å²) in [7, 11) is 3.65. The number of nitrogens with zero attached hydrogens (tertiary/aromatic N) is 3. The molecule has 5 nitrogen and oxygen atoms in total. The number of benzene rings is 1. The molecule has 2 heterocycles. The number of fused-ring (bicyclic) bond motifs is 1. The van der Waals surface area contributed by atoms with E-state index in [1.165, 1.54) is 0 Å². The first-order valence-corrected chi connectivity index (χ1v) is 7.40. The smallest absolute Gasteiger partial charge is 0.129 e. The molecular formula is C17H20N4O. The van der Waals surface area contributed by atoms with Gasteiger partial charge in [0.2, 0.25) is 0 Å². The van der Waals surface area contributed by atoms with Gasteiger partial charge in [-0.05, 0) is 43.8 Å². The molecule has 0 saturated carbocycles. The van der Waals surface area contributed by atoms with Gasteiger partial charge in [-0.2, -0.15) is 5.10 Å². The summed E-state index contributed by atoms with van der Waals surface area (Å²) >= 11 is 0. The third-order valence-electron chi connectivity index (χ3n) is 3.85. The van der Waals surface area contributed by atoms with Crippen LogP contribution in [-0.2, 0) is 0 Å². The van der Waals surface area contributed by atoms with Gasteiger partial charge in [-0.1, -0.05) is 12.1 Å². The minimum atomic E-state index is 0.144. The summed E-state index contributed by atoms with van der Waals surface area (Å²) in [5.41, 5.74) is 2.23. The molecule has 0 saturated heterocycles. The van der Waals surface area contributed by atoms with Gasteiger partial charge in [0, 0.05) is 12.4 Å². The van der Waals surface area contributed by atoms with Gasteiger partial charge < -0.3 is 10.1 Å². The van der Waals surface area contributed by atoms with Crippen LogP contribution in [0, 0.1) is 0 Å². The first kappa shape index (κ1) is 14.5. The molecule has 0 bridgehead atoms. The summed E-state index contributed by atoms with van der Waals surface area (Å²) in [6.07, 6.45) is 6.52. The molecule has 0 spiro atoms. The largest absolute Gasteiger partial charge is 0.496 e. The predicted molar refractivity (Wildman–Crippen MR) is 87.2 cm³/mol. The van der Waals surface area contributed by atoms with E-state index in [0.29, 0.717) is 0 Å². The van der Waals surface area contributed by atoms with Gasteiger partial charge in [-0.15, -0.1) is 0 Å². The van der Waals surface area contributed by atoms with E-state index in [2.05, 4.69) is 32.2 Å². The van der Waals surface area contributed by atoms with Crippen molar-refractivity contribution in [2.75, 3.05) is 20.7 Å². The van der Waals surface area contributed by atoms with E-state index < -0.39 is 0 Å². The first-order valence-electron chi connectivity index (χ1n) is 7.40. The van der Waals surface area contributed by atoms with Gasteiger partial charge in [0.1, 0.15) is 5.75 Å². The van der Waals surface area contributed by atoms with E-state index in [-0.39, 0.29) is 6.04 Å². The van der Waals surface area contributed by atoms with Crippen molar-refractivity contribution < 1.29 is 4.74 Å². The Balaban J connectivity index is 2.08. The highest BCUT2D eigenvalue weighted by atomic mass is 16.5. The molecule has 0 aliphatic carbocycles. The predicted octanol–water partition coefficient (Wildman–Crippen LogP) is 2.64. The van der Waals surface area contributed by atoms with Crippen molar-refractivity contribution in [2.45, 2.75) is 12.5 Å². The summed E-state index contributed by atoms with van der Waals surface area (Å²) in [4.78, 5) is 4.25. The van der Waals surface area contributed by atoms with Crippen LogP contribution in [0.25, 0.3) is 10.9 Å². The first-order chi connectivity index (χ1) is 10.8. The normalized spacial score (nSPS) is 12.5. The van der Waals surface area contributed by atoms with Crippen molar-refractivity contribution in [3.05, 3.63) is 54.5 Å². The summed E-state index contributed by atoms with van der Waals surface area (Å²) in [5, 5.41) is 8.86. The highest BCUT2D eigenvalue weighted by Crippen LogP contribution is 2.30. The molecule has 0 aliphatic rings. The van der Waals surface area contributed by atoms with Crippen LogP contribution in [0.1, 0.15) is 18.0 Å². The summed E-state index contributed by atoms with van der Waals surface area (Å²) in [5.74, 6) is 0.849. The lowest BCUT2D eigenvalue weighted by atomic mass is 10.1. The summed E-state index contributed by atoms with van der Waals surface area (Å²) in [6, 6.07) is 10.2. The van der Waals surface area contributed by atoms with Crippen LogP contribution in [0.5, 0.6) is 5.75 Å².